The molecule has 1 aromatic heterocycles. The lowest BCUT2D eigenvalue weighted by Crippen LogP contribution is -1.96. The summed E-state index contributed by atoms with van der Waals surface area (Å²) in [7, 11) is 0. The summed E-state index contributed by atoms with van der Waals surface area (Å²) in [6.07, 6.45) is 0.753. The molecule has 0 amide bonds. The van der Waals surface area contributed by atoms with Crippen molar-refractivity contribution in [2.45, 2.75) is 6.92 Å². The van der Waals surface area contributed by atoms with Crippen LogP contribution in [0.25, 0.3) is 10.9 Å². The number of carbonyl (C=O) groups is 1. The fraction of sp³-hybridized carbons (Fsp3) is 0.100. The molecule has 1 heterocycles. The molecule has 0 saturated heterocycles. The number of rotatable bonds is 1. The fourth-order valence-electron chi connectivity index (χ4n) is 1.35. The van der Waals surface area contributed by atoms with Crippen molar-refractivity contribution in [1.29, 1.82) is 0 Å². The molecule has 0 saturated carbocycles. The number of aromatic nitrogens is 2. The number of carbonyl (C=O) groups excluding carboxylic acids is 1. The molecule has 0 aliphatic heterocycles. The maximum Gasteiger partial charge on any atom is 0.169 e. The van der Waals surface area contributed by atoms with Crippen molar-refractivity contribution >= 4 is 33.1 Å². The lowest BCUT2D eigenvalue weighted by molar-refractivity contribution is 0.112. The van der Waals surface area contributed by atoms with Crippen molar-refractivity contribution in [3.8, 4) is 0 Å². The number of halogens is 1. The Kier molecular flexibility index (Phi) is 2.29. The van der Waals surface area contributed by atoms with E-state index in [0.29, 0.717) is 11.5 Å². The highest BCUT2D eigenvalue weighted by Gasteiger charge is 2.06. The normalized spacial score (nSPS) is 10.4. The lowest BCUT2D eigenvalue weighted by Gasteiger charge is -2.02. The molecule has 14 heavy (non-hydrogen) atoms. The monoisotopic (exact) mass is 250 g/mol. The quantitative estimate of drug-likeness (QED) is 0.731. The van der Waals surface area contributed by atoms with Gasteiger partial charge in [0.05, 0.1) is 5.52 Å². The molecule has 70 valence electrons. The summed E-state index contributed by atoms with van der Waals surface area (Å²) in [6.45, 7) is 1.77. The van der Waals surface area contributed by atoms with Gasteiger partial charge >= 0.3 is 0 Å². The van der Waals surface area contributed by atoms with Crippen LogP contribution < -0.4 is 0 Å². The molecule has 0 atom stereocenters. The minimum absolute atomic E-state index is 0.439. The summed E-state index contributed by atoms with van der Waals surface area (Å²) >= 11 is 3.39. The first-order chi connectivity index (χ1) is 6.72. The third kappa shape index (κ3) is 1.42. The molecular weight excluding hydrogens is 244 g/mol. The molecule has 2 rings (SSSR count). The van der Waals surface area contributed by atoms with Gasteiger partial charge in [-0.3, -0.25) is 4.79 Å². The van der Waals surface area contributed by atoms with Crippen molar-refractivity contribution in [2.24, 2.45) is 0 Å². The standard InChI is InChI=1S/C10H7BrN2O/c1-6-12-9(5-14)7-3-2-4-8(11)10(7)13-6/h2-5H,1H3. The van der Waals surface area contributed by atoms with Crippen LogP contribution >= 0.6 is 15.9 Å². The Labute approximate surface area is 89.3 Å². The molecular formula is C10H7BrN2O. The van der Waals surface area contributed by atoms with Crippen molar-refractivity contribution in [3.05, 3.63) is 34.2 Å². The highest BCUT2D eigenvalue weighted by molar-refractivity contribution is 9.10. The molecule has 1 aromatic carbocycles. The Morgan fingerprint density at radius 3 is 2.86 bits per heavy atom. The number of nitrogens with zero attached hydrogens (tertiary/aromatic N) is 2. The third-order valence-electron chi connectivity index (χ3n) is 1.93. The van der Waals surface area contributed by atoms with E-state index in [0.717, 1.165) is 21.7 Å². The highest BCUT2D eigenvalue weighted by atomic mass is 79.9. The third-order valence-corrected chi connectivity index (χ3v) is 2.57. The van der Waals surface area contributed by atoms with Gasteiger partial charge < -0.3 is 0 Å². The molecule has 0 bridgehead atoms. The second-order valence-electron chi connectivity index (χ2n) is 2.91. The van der Waals surface area contributed by atoms with Crippen molar-refractivity contribution in [1.82, 2.24) is 9.97 Å². The lowest BCUT2D eigenvalue weighted by atomic mass is 10.2. The molecule has 0 radical (unpaired) electrons. The second kappa shape index (κ2) is 3.46. The summed E-state index contributed by atoms with van der Waals surface area (Å²) in [5.74, 6) is 0.603. The van der Waals surface area contributed by atoms with Crippen LogP contribution in [0.15, 0.2) is 22.7 Å². The number of fused-ring (bicyclic) bond motifs is 1. The number of benzene rings is 1. The van der Waals surface area contributed by atoms with Gasteiger partial charge in [-0.1, -0.05) is 12.1 Å². The van der Waals surface area contributed by atoms with Crippen LogP contribution in [0.3, 0.4) is 0 Å². The summed E-state index contributed by atoms with van der Waals surface area (Å²) in [6, 6.07) is 5.59. The van der Waals surface area contributed by atoms with E-state index >= 15 is 0 Å². The molecule has 3 nitrogen and oxygen atoms in total. The molecule has 0 spiro atoms. The van der Waals surface area contributed by atoms with Crippen LogP contribution in [0.5, 0.6) is 0 Å². The van der Waals surface area contributed by atoms with E-state index in [1.807, 2.05) is 18.2 Å². The molecule has 0 fully saturated rings. The minimum Gasteiger partial charge on any atom is -0.296 e. The number of para-hydroxylation sites is 1. The van der Waals surface area contributed by atoms with Gasteiger partial charge in [0.15, 0.2) is 6.29 Å². The van der Waals surface area contributed by atoms with Crippen molar-refractivity contribution < 1.29 is 4.79 Å². The topological polar surface area (TPSA) is 42.9 Å². The SMILES string of the molecule is Cc1nc(C=O)c2cccc(Br)c2n1. The van der Waals surface area contributed by atoms with Gasteiger partial charge in [0.25, 0.3) is 0 Å². The smallest absolute Gasteiger partial charge is 0.169 e. The molecule has 2 aromatic rings. The van der Waals surface area contributed by atoms with Crippen LogP contribution in [0.1, 0.15) is 16.3 Å². The molecule has 0 aliphatic rings. The van der Waals surface area contributed by atoms with Crippen LogP contribution in [-0.2, 0) is 0 Å². The van der Waals surface area contributed by atoms with E-state index in [4.69, 9.17) is 0 Å². The summed E-state index contributed by atoms with van der Waals surface area (Å²) in [5, 5.41) is 0.778. The Morgan fingerprint density at radius 1 is 1.36 bits per heavy atom. The first kappa shape index (κ1) is 9.27. The number of hydrogen-bond acceptors (Lipinski definition) is 3. The largest absolute Gasteiger partial charge is 0.296 e. The van der Waals surface area contributed by atoms with E-state index < -0.39 is 0 Å². The Morgan fingerprint density at radius 2 is 2.14 bits per heavy atom. The van der Waals surface area contributed by atoms with Gasteiger partial charge in [0.2, 0.25) is 0 Å². The fourth-order valence-corrected chi connectivity index (χ4v) is 1.80. The van der Waals surface area contributed by atoms with E-state index in [-0.39, 0.29) is 0 Å². The Bertz CT molecular complexity index is 511. The average molecular weight is 251 g/mol. The first-order valence-electron chi connectivity index (χ1n) is 4.10. The molecule has 0 N–H and O–H groups in total. The highest BCUT2D eigenvalue weighted by Crippen LogP contribution is 2.22. The predicted octanol–water partition coefficient (Wildman–Crippen LogP) is 2.51. The summed E-state index contributed by atoms with van der Waals surface area (Å²) in [5.41, 5.74) is 1.22. The van der Waals surface area contributed by atoms with Gasteiger partial charge in [-0.2, -0.15) is 0 Å². The molecule has 0 unspecified atom stereocenters. The molecule has 4 heteroatoms. The zero-order valence-corrected chi connectivity index (χ0v) is 9.08. The van der Waals surface area contributed by atoms with Crippen LogP contribution in [-0.4, -0.2) is 16.3 Å². The number of aryl methyl sites for hydroxylation is 1. The predicted molar refractivity (Wildman–Crippen MR) is 57.4 cm³/mol. The van der Waals surface area contributed by atoms with Gasteiger partial charge in [-0.15, -0.1) is 0 Å². The summed E-state index contributed by atoms with van der Waals surface area (Å²) in [4.78, 5) is 19.1. The zero-order valence-electron chi connectivity index (χ0n) is 7.49. The van der Waals surface area contributed by atoms with E-state index in [1.54, 1.807) is 6.92 Å². The number of aldehydes is 1. The van der Waals surface area contributed by atoms with Crippen molar-refractivity contribution in [3.63, 3.8) is 0 Å². The minimum atomic E-state index is 0.439. The maximum atomic E-state index is 10.8. The Balaban J connectivity index is 2.94. The maximum absolute atomic E-state index is 10.8. The average Bonchev–Trinajstić information content (AvgIpc) is 2.18. The number of hydrogen-bond donors (Lipinski definition) is 0. The van der Waals surface area contributed by atoms with E-state index in [2.05, 4.69) is 25.9 Å². The van der Waals surface area contributed by atoms with Crippen LogP contribution in [0, 0.1) is 6.92 Å². The van der Waals surface area contributed by atoms with Gasteiger partial charge in [-0.25, -0.2) is 9.97 Å². The van der Waals surface area contributed by atoms with Gasteiger partial charge in [0, 0.05) is 9.86 Å². The van der Waals surface area contributed by atoms with Crippen LogP contribution in [0.4, 0.5) is 0 Å². The van der Waals surface area contributed by atoms with Gasteiger partial charge in [0.1, 0.15) is 11.5 Å². The second-order valence-corrected chi connectivity index (χ2v) is 3.76. The van der Waals surface area contributed by atoms with Crippen LogP contribution in [0.2, 0.25) is 0 Å². The van der Waals surface area contributed by atoms with Crippen molar-refractivity contribution in [2.75, 3.05) is 0 Å². The summed E-state index contributed by atoms with van der Waals surface area (Å²) < 4.78 is 0.878. The van der Waals surface area contributed by atoms with E-state index in [9.17, 15) is 4.79 Å². The Hall–Kier alpha value is -1.29. The molecule has 0 aliphatic carbocycles. The first-order valence-corrected chi connectivity index (χ1v) is 4.89. The zero-order chi connectivity index (χ0) is 10.1. The van der Waals surface area contributed by atoms with E-state index in [1.165, 1.54) is 0 Å². The van der Waals surface area contributed by atoms with Gasteiger partial charge in [-0.05, 0) is 28.9 Å².